The van der Waals surface area contributed by atoms with E-state index in [4.69, 9.17) is 22.7 Å². The van der Waals surface area contributed by atoms with Crippen LogP contribution in [-0.2, 0) is 0 Å². The zero-order valence-corrected chi connectivity index (χ0v) is 7.68. The van der Waals surface area contributed by atoms with Crippen molar-refractivity contribution in [3.63, 3.8) is 0 Å². The molecule has 3 N–H and O–H groups in total. The molecule has 0 atom stereocenters. The number of hydrogen-bond acceptors (Lipinski definition) is 2. The highest BCUT2D eigenvalue weighted by Gasteiger charge is 2.14. The molecule has 0 saturated heterocycles. The van der Waals surface area contributed by atoms with E-state index in [2.05, 4.69) is 4.74 Å². The molecule has 1 aromatic carbocycles. The molecule has 0 spiro atoms. The minimum absolute atomic E-state index is 0.00185. The minimum atomic E-state index is -2.99. The monoisotopic (exact) mass is 220 g/mol. The lowest BCUT2D eigenvalue weighted by atomic mass is 10.2. The Hall–Kier alpha value is -1.36. The summed E-state index contributed by atoms with van der Waals surface area (Å²) >= 11 is 5.61. The van der Waals surface area contributed by atoms with Crippen LogP contribution in [0.15, 0.2) is 18.2 Å². The lowest BCUT2D eigenvalue weighted by molar-refractivity contribution is -0.0499. The summed E-state index contributed by atoms with van der Waals surface area (Å²) in [7, 11) is 0. The van der Waals surface area contributed by atoms with Crippen LogP contribution < -0.4 is 10.5 Å². The molecule has 14 heavy (non-hydrogen) atoms. The Kier molecular flexibility index (Phi) is 3.24. The van der Waals surface area contributed by atoms with Gasteiger partial charge in [-0.1, -0.05) is 17.7 Å². The van der Waals surface area contributed by atoms with E-state index in [0.29, 0.717) is 0 Å². The normalized spacial score (nSPS) is 10.3. The third-order valence-corrected chi connectivity index (χ3v) is 1.76. The van der Waals surface area contributed by atoms with Gasteiger partial charge in [-0.25, -0.2) is 0 Å². The number of ether oxygens (including phenoxy) is 1. The van der Waals surface area contributed by atoms with Crippen LogP contribution in [0.25, 0.3) is 0 Å². The first kappa shape index (κ1) is 10.7. The van der Waals surface area contributed by atoms with Gasteiger partial charge in [-0.3, -0.25) is 5.41 Å². The maximum absolute atomic E-state index is 12.0. The van der Waals surface area contributed by atoms with Crippen LogP contribution in [0.2, 0.25) is 5.02 Å². The number of nitrogens with one attached hydrogen (secondary N) is 1. The van der Waals surface area contributed by atoms with Gasteiger partial charge in [-0.2, -0.15) is 8.78 Å². The lowest BCUT2D eigenvalue weighted by Crippen LogP contribution is -2.14. The Morgan fingerprint density at radius 2 is 2.14 bits per heavy atom. The molecule has 0 aliphatic rings. The number of hydrogen-bond donors (Lipinski definition) is 2. The molecule has 0 unspecified atom stereocenters. The summed E-state index contributed by atoms with van der Waals surface area (Å²) in [6, 6.07) is 4.26. The summed E-state index contributed by atoms with van der Waals surface area (Å²) in [5.74, 6) is -0.639. The molecule has 0 fully saturated rings. The lowest BCUT2D eigenvalue weighted by Gasteiger charge is -2.10. The van der Waals surface area contributed by atoms with Gasteiger partial charge in [0.1, 0.15) is 5.84 Å². The van der Waals surface area contributed by atoms with E-state index in [9.17, 15) is 8.78 Å². The van der Waals surface area contributed by atoms with Crippen molar-refractivity contribution in [1.82, 2.24) is 0 Å². The number of nitrogens with two attached hydrogens (primary N) is 1. The van der Waals surface area contributed by atoms with Crippen molar-refractivity contribution in [1.29, 1.82) is 5.41 Å². The molecule has 0 radical (unpaired) electrons. The van der Waals surface area contributed by atoms with E-state index in [0.717, 1.165) is 0 Å². The molecule has 0 saturated carbocycles. The van der Waals surface area contributed by atoms with Crippen LogP contribution in [0.1, 0.15) is 5.56 Å². The van der Waals surface area contributed by atoms with E-state index in [1.54, 1.807) is 0 Å². The smallest absolute Gasteiger partial charge is 0.387 e. The maximum Gasteiger partial charge on any atom is 0.387 e. The molecule has 1 aromatic rings. The van der Waals surface area contributed by atoms with Crippen molar-refractivity contribution in [2.45, 2.75) is 6.61 Å². The number of nitrogen functional groups attached to an aromatic ring is 1. The Morgan fingerprint density at radius 3 is 2.64 bits per heavy atom. The summed E-state index contributed by atoms with van der Waals surface area (Å²) in [5, 5.41) is 7.11. The van der Waals surface area contributed by atoms with Gasteiger partial charge >= 0.3 is 6.61 Å². The first-order valence-corrected chi connectivity index (χ1v) is 3.98. The van der Waals surface area contributed by atoms with Crippen molar-refractivity contribution in [2.24, 2.45) is 5.73 Å². The summed E-state index contributed by atoms with van der Waals surface area (Å²) in [5.41, 5.74) is 5.21. The van der Waals surface area contributed by atoms with Gasteiger partial charge in [0.15, 0.2) is 5.75 Å². The van der Waals surface area contributed by atoms with Crippen molar-refractivity contribution in [2.75, 3.05) is 0 Å². The number of amidine groups is 1. The minimum Gasteiger partial charge on any atom is -0.432 e. The molecule has 0 heterocycles. The number of para-hydroxylation sites is 1. The number of rotatable bonds is 3. The van der Waals surface area contributed by atoms with Crippen molar-refractivity contribution in [3.05, 3.63) is 28.8 Å². The quantitative estimate of drug-likeness (QED) is 0.606. The van der Waals surface area contributed by atoms with Gasteiger partial charge < -0.3 is 10.5 Å². The molecular weight excluding hydrogens is 214 g/mol. The summed E-state index contributed by atoms with van der Waals surface area (Å²) in [6.07, 6.45) is 0. The van der Waals surface area contributed by atoms with Crippen LogP contribution in [0.4, 0.5) is 8.78 Å². The van der Waals surface area contributed by atoms with Gasteiger partial charge in [0.2, 0.25) is 0 Å². The number of halogens is 3. The Balaban J connectivity index is 3.15. The maximum atomic E-state index is 12.0. The molecule has 0 aliphatic heterocycles. The van der Waals surface area contributed by atoms with Crippen LogP contribution >= 0.6 is 11.6 Å². The largest absolute Gasteiger partial charge is 0.432 e. The first-order valence-electron chi connectivity index (χ1n) is 3.60. The molecule has 0 aromatic heterocycles. The van der Waals surface area contributed by atoms with Gasteiger partial charge in [-0.15, -0.1) is 0 Å². The Labute approximate surface area is 83.9 Å². The summed E-state index contributed by atoms with van der Waals surface area (Å²) in [4.78, 5) is 0. The summed E-state index contributed by atoms with van der Waals surface area (Å²) in [6.45, 7) is -2.99. The van der Waals surface area contributed by atoms with Crippen molar-refractivity contribution < 1.29 is 13.5 Å². The van der Waals surface area contributed by atoms with E-state index in [1.165, 1.54) is 18.2 Å². The zero-order valence-electron chi connectivity index (χ0n) is 6.93. The van der Waals surface area contributed by atoms with Crippen LogP contribution in [0, 0.1) is 5.41 Å². The molecule has 0 amide bonds. The molecule has 3 nitrogen and oxygen atoms in total. The van der Waals surface area contributed by atoms with Gasteiger partial charge in [0.05, 0.1) is 10.6 Å². The average molecular weight is 221 g/mol. The Morgan fingerprint density at radius 1 is 1.50 bits per heavy atom. The van der Waals surface area contributed by atoms with Gasteiger partial charge in [0.25, 0.3) is 0 Å². The third-order valence-electron chi connectivity index (χ3n) is 1.46. The van der Waals surface area contributed by atoms with E-state index >= 15 is 0 Å². The topological polar surface area (TPSA) is 59.1 Å². The standard InChI is InChI=1S/C8H7ClF2N2O/c9-5-3-1-2-4(7(12)13)6(5)14-8(10)11/h1-3,8H,(H3,12,13). The average Bonchev–Trinajstić information content (AvgIpc) is 2.07. The second-order valence-electron chi connectivity index (χ2n) is 2.41. The van der Waals surface area contributed by atoms with Crippen molar-refractivity contribution in [3.8, 4) is 5.75 Å². The molecule has 76 valence electrons. The highest BCUT2D eigenvalue weighted by Crippen LogP contribution is 2.29. The number of alkyl halides is 2. The van der Waals surface area contributed by atoms with E-state index in [-0.39, 0.29) is 22.2 Å². The predicted octanol–water partition coefficient (Wildman–Crippen LogP) is 2.23. The predicted molar refractivity (Wildman–Crippen MR) is 49.1 cm³/mol. The van der Waals surface area contributed by atoms with Crippen LogP contribution in [0.3, 0.4) is 0 Å². The molecule has 0 bridgehead atoms. The fraction of sp³-hybridized carbons (Fsp3) is 0.125. The number of benzene rings is 1. The fourth-order valence-electron chi connectivity index (χ4n) is 0.930. The van der Waals surface area contributed by atoms with Crippen LogP contribution in [-0.4, -0.2) is 12.4 Å². The van der Waals surface area contributed by atoms with Crippen LogP contribution in [0.5, 0.6) is 5.75 Å². The highest BCUT2D eigenvalue weighted by atomic mass is 35.5. The molecule has 0 aliphatic carbocycles. The first-order chi connectivity index (χ1) is 6.52. The highest BCUT2D eigenvalue weighted by molar-refractivity contribution is 6.32. The molecule has 1 rings (SSSR count). The second-order valence-corrected chi connectivity index (χ2v) is 2.82. The zero-order chi connectivity index (χ0) is 10.7. The van der Waals surface area contributed by atoms with E-state index < -0.39 is 6.61 Å². The second kappa shape index (κ2) is 4.23. The summed E-state index contributed by atoms with van der Waals surface area (Å²) < 4.78 is 28.1. The third kappa shape index (κ3) is 2.32. The Bertz CT molecular complexity index is 357. The van der Waals surface area contributed by atoms with E-state index in [1.807, 2.05) is 0 Å². The molecular formula is C8H7ClF2N2O. The van der Waals surface area contributed by atoms with Gasteiger partial charge in [0, 0.05) is 0 Å². The SMILES string of the molecule is N=C(N)c1cccc(Cl)c1OC(F)F. The van der Waals surface area contributed by atoms with Gasteiger partial charge in [-0.05, 0) is 12.1 Å². The van der Waals surface area contributed by atoms with Crippen molar-refractivity contribution >= 4 is 17.4 Å². The molecule has 6 heteroatoms. The fourth-order valence-corrected chi connectivity index (χ4v) is 1.15.